The Morgan fingerprint density at radius 2 is 2.06 bits per heavy atom. The minimum Gasteiger partial charge on any atom is -0.488 e. The Balaban J connectivity index is 1.28. The molecule has 1 aromatic carbocycles. The van der Waals surface area contributed by atoms with E-state index in [4.69, 9.17) is 9.84 Å². The first-order valence-electron chi connectivity index (χ1n) is 9.88. The lowest BCUT2D eigenvalue weighted by molar-refractivity contribution is 0.0697. The fraction of sp³-hybridized carbons (Fsp3) is 0.238. The summed E-state index contributed by atoms with van der Waals surface area (Å²) in [6.45, 7) is 1.34. The molecule has 0 bridgehead atoms. The topological polar surface area (TPSA) is 130 Å². The maximum atomic E-state index is 11.2. The number of hydrogen-bond donors (Lipinski definition) is 2. The molecule has 0 spiro atoms. The molecule has 10 nitrogen and oxygen atoms in total. The summed E-state index contributed by atoms with van der Waals surface area (Å²) < 4.78 is 5.96. The van der Waals surface area contributed by atoms with Crippen molar-refractivity contribution in [3.05, 3.63) is 54.9 Å². The van der Waals surface area contributed by atoms with E-state index < -0.39 is 5.97 Å². The second-order valence-corrected chi connectivity index (χ2v) is 7.23. The number of carboxylic acids is 1. The van der Waals surface area contributed by atoms with E-state index in [2.05, 4.69) is 34.8 Å². The number of nitrogens with zero attached hydrogens (tertiary/aromatic N) is 6. The van der Waals surface area contributed by atoms with Gasteiger partial charge in [-0.3, -0.25) is 0 Å². The highest BCUT2D eigenvalue weighted by Crippen LogP contribution is 2.28. The molecule has 0 aliphatic carbocycles. The van der Waals surface area contributed by atoms with Crippen LogP contribution in [0.4, 0.5) is 5.82 Å². The first-order chi connectivity index (χ1) is 15.2. The van der Waals surface area contributed by atoms with Gasteiger partial charge in [0.25, 0.3) is 0 Å². The van der Waals surface area contributed by atoms with Crippen molar-refractivity contribution in [2.24, 2.45) is 0 Å². The van der Waals surface area contributed by atoms with E-state index in [0.717, 1.165) is 30.7 Å². The van der Waals surface area contributed by atoms with Crippen molar-refractivity contribution < 1.29 is 14.6 Å². The third kappa shape index (κ3) is 3.75. The minimum atomic E-state index is -0.987. The average molecular weight is 417 g/mol. The summed E-state index contributed by atoms with van der Waals surface area (Å²) in [6.07, 6.45) is 8.39. The lowest BCUT2D eigenvalue weighted by atomic mass is 10.1. The molecule has 156 valence electrons. The van der Waals surface area contributed by atoms with Crippen molar-refractivity contribution in [1.29, 1.82) is 0 Å². The van der Waals surface area contributed by atoms with Gasteiger partial charge in [-0.25, -0.2) is 29.7 Å². The summed E-state index contributed by atoms with van der Waals surface area (Å²) in [5.41, 5.74) is 2.30. The van der Waals surface area contributed by atoms with Gasteiger partial charge >= 0.3 is 5.97 Å². The van der Waals surface area contributed by atoms with Crippen LogP contribution in [-0.4, -0.2) is 60.2 Å². The molecule has 2 N–H and O–H groups in total. The molecule has 1 aliphatic rings. The van der Waals surface area contributed by atoms with Crippen LogP contribution < -0.4 is 9.64 Å². The number of anilines is 1. The van der Waals surface area contributed by atoms with Crippen LogP contribution in [-0.2, 0) is 0 Å². The largest absolute Gasteiger partial charge is 0.488 e. The molecule has 0 saturated carbocycles. The number of aromatic carboxylic acids is 1. The highest BCUT2D eigenvalue weighted by molar-refractivity contribution is 5.89. The molecule has 1 unspecified atom stereocenters. The van der Waals surface area contributed by atoms with Crippen molar-refractivity contribution in [3.63, 3.8) is 0 Å². The van der Waals surface area contributed by atoms with Gasteiger partial charge in [-0.1, -0.05) is 12.1 Å². The molecule has 31 heavy (non-hydrogen) atoms. The monoisotopic (exact) mass is 417 g/mol. The van der Waals surface area contributed by atoms with Crippen LogP contribution in [0.25, 0.3) is 22.6 Å². The van der Waals surface area contributed by atoms with Crippen molar-refractivity contribution in [2.45, 2.75) is 18.9 Å². The standard InChI is InChI=1S/C21H19N7O3/c29-21(30)14-4-1-3-13(7-14)18-22-8-16(9-23-18)31-10-15-5-2-6-28(15)20-17-19(25-11-24-17)26-12-27-20/h1,3-4,7-9,11-12,15H,2,5-6,10H2,(H,29,30)(H,24,25,26,27). The van der Waals surface area contributed by atoms with Crippen molar-refractivity contribution in [3.8, 4) is 17.1 Å². The number of hydrogen-bond acceptors (Lipinski definition) is 8. The predicted octanol–water partition coefficient (Wildman–Crippen LogP) is 2.56. The van der Waals surface area contributed by atoms with E-state index in [1.54, 1.807) is 36.9 Å². The Hall–Kier alpha value is -4.08. The normalized spacial score (nSPS) is 16.0. The van der Waals surface area contributed by atoms with Crippen LogP contribution in [0.15, 0.2) is 49.3 Å². The molecule has 4 heterocycles. The fourth-order valence-corrected chi connectivity index (χ4v) is 3.77. The van der Waals surface area contributed by atoms with E-state index in [-0.39, 0.29) is 11.6 Å². The molecule has 1 fully saturated rings. The number of aromatic amines is 1. The van der Waals surface area contributed by atoms with Gasteiger partial charge in [0.15, 0.2) is 23.0 Å². The Morgan fingerprint density at radius 1 is 1.19 bits per heavy atom. The van der Waals surface area contributed by atoms with Gasteiger partial charge in [-0.05, 0) is 25.0 Å². The summed E-state index contributed by atoms with van der Waals surface area (Å²) in [5, 5.41) is 9.15. The maximum Gasteiger partial charge on any atom is 0.335 e. The second-order valence-electron chi connectivity index (χ2n) is 7.23. The Kier molecular flexibility index (Phi) is 4.87. The lowest BCUT2D eigenvalue weighted by Gasteiger charge is -2.25. The SMILES string of the molecule is O=C(O)c1cccc(-c2ncc(OCC3CCCN3c3ncnc4[nH]cnc34)cn2)c1. The van der Waals surface area contributed by atoms with Crippen LogP contribution in [0, 0.1) is 0 Å². The summed E-state index contributed by atoms with van der Waals surface area (Å²) in [6, 6.07) is 6.68. The van der Waals surface area contributed by atoms with Gasteiger partial charge in [-0.15, -0.1) is 0 Å². The first-order valence-corrected chi connectivity index (χ1v) is 9.88. The lowest BCUT2D eigenvalue weighted by Crippen LogP contribution is -2.35. The molecule has 3 aromatic heterocycles. The quantitative estimate of drug-likeness (QED) is 0.486. The smallest absolute Gasteiger partial charge is 0.335 e. The van der Waals surface area contributed by atoms with Gasteiger partial charge in [0.2, 0.25) is 0 Å². The molecule has 1 aliphatic heterocycles. The summed E-state index contributed by atoms with van der Waals surface area (Å²) >= 11 is 0. The second kappa shape index (κ2) is 7.98. The summed E-state index contributed by atoms with van der Waals surface area (Å²) in [4.78, 5) is 38.0. The highest BCUT2D eigenvalue weighted by Gasteiger charge is 2.28. The van der Waals surface area contributed by atoms with Gasteiger partial charge in [0, 0.05) is 12.1 Å². The number of ether oxygens (including phenoxy) is 1. The van der Waals surface area contributed by atoms with Gasteiger partial charge in [-0.2, -0.15) is 0 Å². The maximum absolute atomic E-state index is 11.2. The van der Waals surface area contributed by atoms with Crippen LogP contribution in [0.1, 0.15) is 23.2 Å². The van der Waals surface area contributed by atoms with Gasteiger partial charge in [0.05, 0.1) is 30.3 Å². The number of fused-ring (bicyclic) bond motifs is 1. The molecule has 0 amide bonds. The zero-order chi connectivity index (χ0) is 21.2. The Bertz CT molecular complexity index is 1230. The van der Waals surface area contributed by atoms with Crippen LogP contribution in [0.5, 0.6) is 5.75 Å². The van der Waals surface area contributed by atoms with E-state index in [1.165, 1.54) is 12.4 Å². The molecular formula is C21H19N7O3. The fourth-order valence-electron chi connectivity index (χ4n) is 3.77. The van der Waals surface area contributed by atoms with Crippen molar-refractivity contribution in [2.75, 3.05) is 18.1 Å². The van der Waals surface area contributed by atoms with Crippen molar-refractivity contribution >= 4 is 23.0 Å². The van der Waals surface area contributed by atoms with Crippen LogP contribution >= 0.6 is 0 Å². The summed E-state index contributed by atoms with van der Waals surface area (Å²) in [5.74, 6) is 0.818. The number of rotatable bonds is 6. The Labute approximate surface area is 177 Å². The van der Waals surface area contributed by atoms with E-state index in [9.17, 15) is 4.79 Å². The molecule has 1 saturated heterocycles. The molecule has 10 heteroatoms. The van der Waals surface area contributed by atoms with E-state index >= 15 is 0 Å². The first kappa shape index (κ1) is 18.9. The number of carbonyl (C=O) groups is 1. The number of H-pyrrole nitrogens is 1. The minimum absolute atomic E-state index is 0.154. The number of nitrogens with one attached hydrogen (secondary N) is 1. The molecule has 1 atom stereocenters. The number of aromatic nitrogens is 6. The van der Waals surface area contributed by atoms with Crippen LogP contribution in [0.2, 0.25) is 0 Å². The number of carboxylic acid groups (broad SMARTS) is 1. The highest BCUT2D eigenvalue weighted by atomic mass is 16.5. The number of imidazole rings is 1. The zero-order valence-electron chi connectivity index (χ0n) is 16.5. The van der Waals surface area contributed by atoms with Gasteiger partial charge < -0.3 is 19.7 Å². The third-order valence-electron chi connectivity index (χ3n) is 5.29. The van der Waals surface area contributed by atoms with Gasteiger partial charge in [0.1, 0.15) is 18.5 Å². The van der Waals surface area contributed by atoms with E-state index in [1.807, 2.05) is 0 Å². The molecule has 4 aromatic rings. The average Bonchev–Trinajstić information content (AvgIpc) is 3.47. The van der Waals surface area contributed by atoms with Crippen molar-refractivity contribution in [1.82, 2.24) is 29.9 Å². The summed E-state index contributed by atoms with van der Waals surface area (Å²) in [7, 11) is 0. The Morgan fingerprint density at radius 3 is 2.90 bits per heavy atom. The predicted molar refractivity (Wildman–Crippen MR) is 112 cm³/mol. The third-order valence-corrected chi connectivity index (χ3v) is 5.29. The molecule has 5 rings (SSSR count). The number of benzene rings is 1. The molecule has 0 radical (unpaired) electrons. The molecular weight excluding hydrogens is 398 g/mol. The zero-order valence-corrected chi connectivity index (χ0v) is 16.5. The van der Waals surface area contributed by atoms with E-state index in [0.29, 0.717) is 29.4 Å². The van der Waals surface area contributed by atoms with Crippen LogP contribution in [0.3, 0.4) is 0 Å².